The van der Waals surface area contributed by atoms with Gasteiger partial charge in [-0.2, -0.15) is 0 Å². The van der Waals surface area contributed by atoms with Gasteiger partial charge in [0.15, 0.2) is 0 Å². The number of amides is 1. The van der Waals surface area contributed by atoms with Gasteiger partial charge in [0.05, 0.1) is 32.3 Å². The Balaban J connectivity index is 1.63. The van der Waals surface area contributed by atoms with Crippen LogP contribution in [0.4, 0.5) is 0 Å². The van der Waals surface area contributed by atoms with Crippen LogP contribution in [0.1, 0.15) is 12.0 Å². The van der Waals surface area contributed by atoms with Crippen LogP contribution >= 0.6 is 0 Å². The summed E-state index contributed by atoms with van der Waals surface area (Å²) in [5.41, 5.74) is 1.06. The second-order valence-electron chi connectivity index (χ2n) is 6.53. The molecule has 1 amide bonds. The van der Waals surface area contributed by atoms with Crippen LogP contribution in [0.25, 0.3) is 0 Å². The number of hydrogen-bond acceptors (Lipinski definition) is 6. The van der Waals surface area contributed by atoms with Crippen molar-refractivity contribution in [2.24, 2.45) is 5.92 Å². The van der Waals surface area contributed by atoms with Crippen molar-refractivity contribution in [3.63, 3.8) is 0 Å². The zero-order valence-electron chi connectivity index (χ0n) is 15.0. The largest absolute Gasteiger partial charge is 0.481 e. The summed E-state index contributed by atoms with van der Waals surface area (Å²) in [5.74, 6) is 0.817. The Morgan fingerprint density at radius 2 is 2.24 bits per heavy atom. The maximum atomic E-state index is 12.8. The molecule has 0 saturated carbocycles. The highest BCUT2D eigenvalue weighted by molar-refractivity contribution is 5.80. The third kappa shape index (κ3) is 4.29. The van der Waals surface area contributed by atoms with Crippen LogP contribution in [-0.2, 0) is 20.8 Å². The number of hydrogen-bond donors (Lipinski definition) is 0. The van der Waals surface area contributed by atoms with Crippen molar-refractivity contribution in [2.45, 2.75) is 19.1 Å². The standard InChI is InChI=1S/C18H27N3O4/c1-23-10-8-21-9-11-25-16-13-20(7-5-15(16)18(21)22)12-14-4-3-6-19-17(14)24-2/h3-4,6,15-16H,5,7-13H2,1-2H3/t15-,16+/m1/s1. The lowest BCUT2D eigenvalue weighted by atomic mass is 9.92. The van der Waals surface area contributed by atoms with Crippen LogP contribution in [-0.4, -0.2) is 80.4 Å². The Kier molecular flexibility index (Phi) is 6.23. The third-order valence-corrected chi connectivity index (χ3v) is 4.97. The smallest absolute Gasteiger partial charge is 0.228 e. The lowest BCUT2D eigenvalue weighted by Crippen LogP contribution is -2.49. The van der Waals surface area contributed by atoms with E-state index >= 15 is 0 Å². The molecule has 0 spiro atoms. The molecule has 0 unspecified atom stereocenters. The number of rotatable bonds is 6. The molecular formula is C18H27N3O4. The van der Waals surface area contributed by atoms with Crippen molar-refractivity contribution in [3.05, 3.63) is 23.9 Å². The minimum absolute atomic E-state index is 0.0449. The van der Waals surface area contributed by atoms with Gasteiger partial charge in [-0.15, -0.1) is 0 Å². The summed E-state index contributed by atoms with van der Waals surface area (Å²) in [4.78, 5) is 21.3. The fourth-order valence-electron chi connectivity index (χ4n) is 3.63. The van der Waals surface area contributed by atoms with Crippen LogP contribution in [0, 0.1) is 5.92 Å². The van der Waals surface area contributed by atoms with Gasteiger partial charge in [0.25, 0.3) is 0 Å². The maximum absolute atomic E-state index is 12.8. The zero-order chi connectivity index (χ0) is 17.6. The van der Waals surface area contributed by atoms with Gasteiger partial charge in [-0.25, -0.2) is 4.98 Å². The van der Waals surface area contributed by atoms with E-state index in [0.717, 1.165) is 31.6 Å². The van der Waals surface area contributed by atoms with E-state index in [0.29, 0.717) is 32.2 Å². The summed E-state index contributed by atoms with van der Waals surface area (Å²) in [6.45, 7) is 4.81. The van der Waals surface area contributed by atoms with E-state index < -0.39 is 0 Å². The van der Waals surface area contributed by atoms with E-state index in [-0.39, 0.29) is 17.9 Å². The summed E-state index contributed by atoms with van der Waals surface area (Å²) in [7, 11) is 3.30. The van der Waals surface area contributed by atoms with Crippen LogP contribution in [0.15, 0.2) is 18.3 Å². The molecule has 2 saturated heterocycles. The van der Waals surface area contributed by atoms with Crippen molar-refractivity contribution in [3.8, 4) is 5.88 Å². The number of carbonyl (C=O) groups is 1. The molecule has 0 radical (unpaired) electrons. The van der Waals surface area contributed by atoms with Crippen molar-refractivity contribution < 1.29 is 19.0 Å². The predicted octanol–water partition coefficient (Wildman–Crippen LogP) is 0.786. The number of ether oxygens (including phenoxy) is 3. The summed E-state index contributed by atoms with van der Waals surface area (Å²) >= 11 is 0. The summed E-state index contributed by atoms with van der Waals surface area (Å²) in [5, 5.41) is 0. The number of fused-ring (bicyclic) bond motifs is 1. The number of piperidine rings is 1. The van der Waals surface area contributed by atoms with E-state index in [1.165, 1.54) is 0 Å². The van der Waals surface area contributed by atoms with E-state index in [2.05, 4.69) is 9.88 Å². The quantitative estimate of drug-likeness (QED) is 0.756. The molecule has 7 heteroatoms. The summed E-state index contributed by atoms with van der Waals surface area (Å²) < 4.78 is 16.5. The molecular weight excluding hydrogens is 322 g/mol. The third-order valence-electron chi connectivity index (χ3n) is 4.97. The van der Waals surface area contributed by atoms with E-state index in [1.807, 2.05) is 17.0 Å². The highest BCUT2D eigenvalue weighted by Gasteiger charge is 2.39. The SMILES string of the molecule is COCCN1CCO[C@H]2CN(Cc3cccnc3OC)CC[C@H]2C1=O. The molecule has 0 bridgehead atoms. The average molecular weight is 349 g/mol. The van der Waals surface area contributed by atoms with Gasteiger partial charge in [-0.1, -0.05) is 6.07 Å². The molecule has 2 atom stereocenters. The van der Waals surface area contributed by atoms with Crippen molar-refractivity contribution in [1.82, 2.24) is 14.8 Å². The van der Waals surface area contributed by atoms with Gasteiger partial charge in [0.2, 0.25) is 11.8 Å². The first-order valence-corrected chi connectivity index (χ1v) is 8.82. The molecule has 0 N–H and O–H groups in total. The molecule has 1 aromatic heterocycles. The van der Waals surface area contributed by atoms with Gasteiger partial charge in [-0.3, -0.25) is 9.69 Å². The minimum Gasteiger partial charge on any atom is -0.481 e. The van der Waals surface area contributed by atoms with Crippen molar-refractivity contribution in [2.75, 3.05) is 53.6 Å². The molecule has 0 aliphatic carbocycles. The number of methoxy groups -OCH3 is 2. The fraction of sp³-hybridized carbons (Fsp3) is 0.667. The van der Waals surface area contributed by atoms with Gasteiger partial charge < -0.3 is 19.1 Å². The number of aromatic nitrogens is 1. The van der Waals surface area contributed by atoms with E-state index in [4.69, 9.17) is 14.2 Å². The molecule has 2 aliphatic heterocycles. The molecule has 0 aromatic carbocycles. The lowest BCUT2D eigenvalue weighted by molar-refractivity contribution is -0.139. The number of pyridine rings is 1. The molecule has 138 valence electrons. The van der Waals surface area contributed by atoms with Crippen molar-refractivity contribution in [1.29, 1.82) is 0 Å². The molecule has 3 heterocycles. The van der Waals surface area contributed by atoms with Crippen LogP contribution in [0.5, 0.6) is 5.88 Å². The van der Waals surface area contributed by atoms with Crippen LogP contribution in [0.2, 0.25) is 0 Å². The van der Waals surface area contributed by atoms with Gasteiger partial charge in [-0.05, 0) is 19.0 Å². The van der Waals surface area contributed by atoms with E-state index in [9.17, 15) is 4.79 Å². The van der Waals surface area contributed by atoms with Gasteiger partial charge >= 0.3 is 0 Å². The molecule has 7 nitrogen and oxygen atoms in total. The molecule has 25 heavy (non-hydrogen) atoms. The Labute approximate surface area is 148 Å². The van der Waals surface area contributed by atoms with Gasteiger partial charge in [0.1, 0.15) is 0 Å². The van der Waals surface area contributed by atoms with Crippen molar-refractivity contribution >= 4 is 5.91 Å². The lowest BCUT2D eigenvalue weighted by Gasteiger charge is -2.37. The maximum Gasteiger partial charge on any atom is 0.228 e. The zero-order valence-corrected chi connectivity index (χ0v) is 15.0. The molecule has 2 fully saturated rings. The average Bonchev–Trinajstić information content (AvgIpc) is 2.79. The monoisotopic (exact) mass is 349 g/mol. The van der Waals surface area contributed by atoms with E-state index in [1.54, 1.807) is 20.4 Å². The molecule has 1 aromatic rings. The first-order valence-electron chi connectivity index (χ1n) is 8.82. The minimum atomic E-state index is -0.0496. The summed E-state index contributed by atoms with van der Waals surface area (Å²) in [6, 6.07) is 3.95. The topological polar surface area (TPSA) is 64.1 Å². The summed E-state index contributed by atoms with van der Waals surface area (Å²) in [6.07, 6.45) is 2.50. The fourth-order valence-corrected chi connectivity index (χ4v) is 3.63. The Hall–Kier alpha value is -1.70. The highest BCUT2D eigenvalue weighted by Crippen LogP contribution is 2.27. The highest BCUT2D eigenvalue weighted by atomic mass is 16.5. The van der Waals surface area contributed by atoms with Crippen LogP contribution < -0.4 is 4.74 Å². The normalized spacial score (nSPS) is 24.7. The van der Waals surface area contributed by atoms with Gasteiger partial charge in [0, 0.05) is 45.0 Å². The second-order valence-corrected chi connectivity index (χ2v) is 6.53. The predicted molar refractivity (Wildman–Crippen MR) is 92.4 cm³/mol. The first kappa shape index (κ1) is 18.1. The Morgan fingerprint density at radius 1 is 1.36 bits per heavy atom. The Morgan fingerprint density at radius 3 is 3.04 bits per heavy atom. The number of nitrogens with zero attached hydrogens (tertiary/aromatic N) is 3. The first-order chi connectivity index (χ1) is 12.2. The second kappa shape index (κ2) is 8.60. The van der Waals surface area contributed by atoms with Crippen LogP contribution in [0.3, 0.4) is 0 Å². The molecule has 3 rings (SSSR count). The molecule has 2 aliphatic rings. The number of carbonyl (C=O) groups excluding carboxylic acids is 1. The Bertz CT molecular complexity index is 583. The number of likely N-dealkylation sites (tertiary alicyclic amines) is 1.